The highest BCUT2D eigenvalue weighted by Crippen LogP contribution is 2.44. The molecule has 1 amide bonds. The molecule has 1 aromatic carbocycles. The zero-order valence-corrected chi connectivity index (χ0v) is 21.7. The molecule has 1 aliphatic heterocycles. The van der Waals surface area contributed by atoms with E-state index < -0.39 is 37.4 Å². The van der Waals surface area contributed by atoms with Crippen molar-refractivity contribution in [2.75, 3.05) is 39.3 Å². The van der Waals surface area contributed by atoms with Crippen LogP contribution in [0.4, 0.5) is 27.6 Å². The van der Waals surface area contributed by atoms with E-state index in [0.29, 0.717) is 11.4 Å². The maximum atomic E-state index is 13.4. The van der Waals surface area contributed by atoms with Crippen LogP contribution in [0.5, 0.6) is 11.5 Å². The van der Waals surface area contributed by atoms with Crippen molar-refractivity contribution >= 4 is 18.2 Å². The Morgan fingerprint density at radius 1 is 1.29 bits per heavy atom. The molecule has 1 aromatic heterocycles. The van der Waals surface area contributed by atoms with Crippen molar-refractivity contribution in [3.05, 3.63) is 52.0 Å². The molecule has 12 heteroatoms. The monoisotopic (exact) mass is 544 g/mol. The number of alkyl halides is 5. The van der Waals surface area contributed by atoms with Crippen LogP contribution in [0.1, 0.15) is 47.8 Å². The van der Waals surface area contributed by atoms with Gasteiger partial charge < -0.3 is 26.3 Å². The van der Waals surface area contributed by atoms with Crippen LogP contribution in [-0.4, -0.2) is 51.2 Å². The third kappa shape index (κ3) is 6.84. The third-order valence-electron chi connectivity index (χ3n) is 6.05. The van der Waals surface area contributed by atoms with E-state index in [1.807, 2.05) is 37.4 Å². The maximum absolute atomic E-state index is 13.4. The largest absolute Gasteiger partial charge is 0.495 e. The number of aromatic nitrogens is 1. The number of ether oxygens (including phenoxy) is 2. The van der Waals surface area contributed by atoms with Gasteiger partial charge in [-0.15, -0.1) is 0 Å². The zero-order valence-electron chi connectivity index (χ0n) is 21.7. The molecule has 0 radical (unpaired) electrons. The number of nitrogens with zero attached hydrogens (tertiary/aromatic N) is 1. The number of halogens is 5. The van der Waals surface area contributed by atoms with Crippen molar-refractivity contribution in [1.82, 2.24) is 10.3 Å². The zero-order chi connectivity index (χ0) is 28.7. The summed E-state index contributed by atoms with van der Waals surface area (Å²) in [6, 6.07) is 4.93. The fourth-order valence-electron chi connectivity index (χ4n) is 4.00. The Morgan fingerprint density at radius 3 is 2.45 bits per heavy atom. The first-order valence-electron chi connectivity index (χ1n) is 11.8. The highest BCUT2D eigenvalue weighted by atomic mass is 19.4. The van der Waals surface area contributed by atoms with Crippen LogP contribution < -0.4 is 26.3 Å². The van der Waals surface area contributed by atoms with Gasteiger partial charge in [0.05, 0.1) is 29.6 Å². The lowest BCUT2D eigenvalue weighted by molar-refractivity contribution is -0.150. The number of nitrogens with one attached hydrogen (secondary N) is 1. The standard InChI is InChI=1S/C15H17F5N2O2.C11H16N2O/c1-2-11-13-9(14(5-16,6-17)7-24-13)3-12(22-11)10(4-21-8-23)15(18,19)20;1-7-4-9(6-8(2)12)11(13)10(5-7)14-3/h3,8,10H,2,4-7H2,1H3,(H,21,23);4-6H,12-13H2,1-3H3/b;8-6-. The molecular formula is C26H33F5N4O3. The quantitative estimate of drug-likeness (QED) is 0.243. The summed E-state index contributed by atoms with van der Waals surface area (Å²) in [4.78, 5) is 14.3. The van der Waals surface area contributed by atoms with Gasteiger partial charge in [-0.3, -0.25) is 9.78 Å². The molecule has 0 fully saturated rings. The topological polar surface area (TPSA) is 112 Å². The third-order valence-corrected chi connectivity index (χ3v) is 6.05. The number of methoxy groups -OCH3 is 1. The Labute approximate surface area is 218 Å². The molecule has 0 bridgehead atoms. The molecule has 2 heterocycles. The first-order chi connectivity index (χ1) is 17.9. The average molecular weight is 545 g/mol. The summed E-state index contributed by atoms with van der Waals surface area (Å²) in [5.41, 5.74) is 13.1. The number of nitrogens with two attached hydrogens (primary N) is 2. The van der Waals surface area contributed by atoms with Crippen LogP contribution >= 0.6 is 0 Å². The van der Waals surface area contributed by atoms with Crippen LogP contribution in [0.15, 0.2) is 23.9 Å². The highest BCUT2D eigenvalue weighted by molar-refractivity contribution is 5.72. The SMILES string of the molecule is CCc1nc(C(CNC=O)C(F)(F)F)cc2c1OCC2(CF)CF.COc1cc(C)cc(/C=C(/C)N)c1N. The lowest BCUT2D eigenvalue weighted by Crippen LogP contribution is -2.34. The van der Waals surface area contributed by atoms with E-state index in [2.05, 4.69) is 4.98 Å². The van der Waals surface area contributed by atoms with Crippen molar-refractivity contribution in [2.24, 2.45) is 5.73 Å². The molecule has 0 aliphatic carbocycles. The van der Waals surface area contributed by atoms with Crippen LogP contribution in [0.2, 0.25) is 0 Å². The molecule has 1 atom stereocenters. The van der Waals surface area contributed by atoms with Gasteiger partial charge in [-0.1, -0.05) is 6.92 Å². The van der Waals surface area contributed by atoms with Gasteiger partial charge in [0.15, 0.2) is 0 Å². The Kier molecular flexibility index (Phi) is 10.3. The number of benzene rings is 1. The number of amides is 1. The Morgan fingerprint density at radius 2 is 1.95 bits per heavy atom. The second-order valence-electron chi connectivity index (χ2n) is 9.04. The minimum absolute atomic E-state index is 0.0645. The molecule has 0 saturated heterocycles. The van der Waals surface area contributed by atoms with Crippen molar-refractivity contribution in [3.63, 3.8) is 0 Å². The molecule has 38 heavy (non-hydrogen) atoms. The van der Waals surface area contributed by atoms with Gasteiger partial charge in [-0.25, -0.2) is 8.78 Å². The second kappa shape index (κ2) is 12.8. The van der Waals surface area contributed by atoms with E-state index in [9.17, 15) is 26.7 Å². The summed E-state index contributed by atoms with van der Waals surface area (Å²) in [6.07, 6.45) is -2.43. The number of carbonyl (C=O) groups excluding carboxylic acids is 1. The van der Waals surface area contributed by atoms with Gasteiger partial charge in [0.25, 0.3) is 0 Å². The molecule has 1 aliphatic rings. The van der Waals surface area contributed by atoms with E-state index in [-0.39, 0.29) is 42.1 Å². The normalized spacial score (nSPS) is 15.0. The number of fused-ring (bicyclic) bond motifs is 1. The minimum Gasteiger partial charge on any atom is -0.495 e. The van der Waals surface area contributed by atoms with Gasteiger partial charge in [0.2, 0.25) is 6.41 Å². The van der Waals surface area contributed by atoms with Gasteiger partial charge in [0, 0.05) is 23.4 Å². The van der Waals surface area contributed by atoms with Crippen molar-refractivity contribution in [2.45, 2.75) is 44.7 Å². The number of hydrogen-bond acceptors (Lipinski definition) is 6. The first kappa shape index (κ1) is 30.7. The van der Waals surface area contributed by atoms with Crippen molar-refractivity contribution < 1.29 is 36.2 Å². The number of pyridine rings is 1. The van der Waals surface area contributed by atoms with Crippen LogP contribution in [0, 0.1) is 6.92 Å². The molecule has 210 valence electrons. The van der Waals surface area contributed by atoms with Crippen LogP contribution in [-0.2, 0) is 16.6 Å². The number of carbonyl (C=O) groups is 1. The molecule has 7 nitrogen and oxygen atoms in total. The lowest BCUT2D eigenvalue weighted by Gasteiger charge is -2.24. The lowest BCUT2D eigenvalue weighted by atomic mass is 9.83. The second-order valence-corrected chi connectivity index (χ2v) is 9.04. The van der Waals surface area contributed by atoms with Gasteiger partial charge in [0.1, 0.15) is 37.4 Å². The van der Waals surface area contributed by atoms with Crippen molar-refractivity contribution in [1.29, 1.82) is 0 Å². The predicted molar refractivity (Wildman–Crippen MR) is 136 cm³/mol. The van der Waals surface area contributed by atoms with Crippen LogP contribution in [0.25, 0.3) is 6.08 Å². The smallest absolute Gasteiger partial charge is 0.398 e. The summed E-state index contributed by atoms with van der Waals surface area (Å²) >= 11 is 0. The molecule has 2 aromatic rings. The first-order valence-corrected chi connectivity index (χ1v) is 11.8. The fourth-order valence-corrected chi connectivity index (χ4v) is 4.00. The number of allylic oxidation sites excluding steroid dienone is 1. The highest BCUT2D eigenvalue weighted by Gasteiger charge is 2.46. The summed E-state index contributed by atoms with van der Waals surface area (Å²) < 4.78 is 77.2. The Bertz CT molecular complexity index is 1150. The Balaban J connectivity index is 0.000000308. The van der Waals surface area contributed by atoms with E-state index >= 15 is 0 Å². The number of aryl methyl sites for hydroxylation is 2. The number of anilines is 1. The number of rotatable bonds is 9. The molecule has 0 saturated carbocycles. The Hall–Kier alpha value is -3.57. The predicted octanol–water partition coefficient (Wildman–Crippen LogP) is 4.51. The number of hydrogen-bond donors (Lipinski definition) is 3. The molecule has 3 rings (SSSR count). The summed E-state index contributed by atoms with van der Waals surface area (Å²) in [6.45, 7) is 2.31. The summed E-state index contributed by atoms with van der Waals surface area (Å²) in [5.74, 6) is -1.23. The molecule has 1 unspecified atom stereocenters. The fraction of sp³-hybridized carbons (Fsp3) is 0.462. The molecular weight excluding hydrogens is 511 g/mol. The van der Waals surface area contributed by atoms with Gasteiger partial charge in [-0.05, 0) is 50.1 Å². The molecule has 5 N–H and O–H groups in total. The summed E-state index contributed by atoms with van der Waals surface area (Å²) in [5, 5.41) is 1.99. The maximum Gasteiger partial charge on any atom is 0.398 e. The number of nitrogen functional groups attached to an aromatic ring is 1. The molecule has 0 spiro atoms. The van der Waals surface area contributed by atoms with E-state index in [4.69, 9.17) is 20.9 Å². The average Bonchev–Trinajstić information content (AvgIpc) is 3.24. The van der Waals surface area contributed by atoms with Gasteiger partial charge >= 0.3 is 6.18 Å². The van der Waals surface area contributed by atoms with E-state index in [0.717, 1.165) is 22.9 Å². The minimum atomic E-state index is -4.67. The van der Waals surface area contributed by atoms with Crippen LogP contribution in [0.3, 0.4) is 0 Å². The van der Waals surface area contributed by atoms with E-state index in [1.54, 1.807) is 14.0 Å². The van der Waals surface area contributed by atoms with Gasteiger partial charge in [-0.2, -0.15) is 13.2 Å². The summed E-state index contributed by atoms with van der Waals surface area (Å²) in [7, 11) is 1.61. The van der Waals surface area contributed by atoms with E-state index in [1.165, 1.54) is 0 Å². The van der Waals surface area contributed by atoms with Crippen molar-refractivity contribution in [3.8, 4) is 11.5 Å².